The average molecular weight is 378 g/mol. The lowest BCUT2D eigenvalue weighted by molar-refractivity contribution is -0.160. The summed E-state index contributed by atoms with van der Waals surface area (Å²) in [4.78, 5) is 15.1. The molecule has 0 aromatic heterocycles. The van der Waals surface area contributed by atoms with Gasteiger partial charge >= 0.3 is 0 Å². The van der Waals surface area contributed by atoms with Gasteiger partial charge in [-0.05, 0) is 98.5 Å². The molecule has 1 aromatic carbocycles. The number of rotatable bonds is 3. The van der Waals surface area contributed by atoms with Crippen LogP contribution >= 0.6 is 0 Å². The molecule has 0 amide bonds. The number of nitrogens with zero attached hydrogens (tertiary/aromatic N) is 1. The van der Waals surface area contributed by atoms with E-state index in [-0.39, 0.29) is 16.2 Å². The Morgan fingerprint density at radius 1 is 1.21 bits per heavy atom. The van der Waals surface area contributed by atoms with Gasteiger partial charge in [0.05, 0.1) is 5.68 Å². The van der Waals surface area contributed by atoms with Crippen LogP contribution in [0.1, 0.15) is 68.7 Å². The first kappa shape index (κ1) is 20.2. The molecule has 2 nitrogen and oxygen atoms in total. The van der Waals surface area contributed by atoms with Crippen molar-refractivity contribution in [3.63, 3.8) is 0 Å². The van der Waals surface area contributed by atoms with E-state index in [0.29, 0.717) is 24.1 Å². The molecule has 1 radical (unpaired) electrons. The Kier molecular flexibility index (Phi) is 4.66. The second kappa shape index (κ2) is 6.46. The second-order valence-corrected chi connectivity index (χ2v) is 10.7. The van der Waals surface area contributed by atoms with Crippen molar-refractivity contribution in [1.29, 1.82) is 0 Å². The lowest BCUT2D eigenvalue weighted by atomic mass is 9.35. The van der Waals surface area contributed by atoms with Gasteiger partial charge in [-0.2, -0.15) is 0 Å². The molecule has 2 bridgehead atoms. The fraction of sp³-hybridized carbons (Fsp3) is 0.720. The minimum Gasteiger partial charge on any atom is -0.312 e. The number of carbonyl (C=O) groups is 1. The van der Waals surface area contributed by atoms with E-state index in [1.54, 1.807) is 18.4 Å². The van der Waals surface area contributed by atoms with Crippen LogP contribution < -0.4 is 0 Å². The van der Waals surface area contributed by atoms with Crippen molar-refractivity contribution < 1.29 is 4.79 Å². The van der Waals surface area contributed by atoms with E-state index in [1.807, 2.05) is 6.82 Å². The summed E-state index contributed by atoms with van der Waals surface area (Å²) >= 11 is 0. The smallest absolute Gasteiger partial charge is 0.198 e. The first-order valence-electron chi connectivity index (χ1n) is 11.2. The van der Waals surface area contributed by atoms with Crippen LogP contribution in [0.3, 0.4) is 0 Å². The lowest BCUT2D eigenvalue weighted by Gasteiger charge is -2.72. The highest BCUT2D eigenvalue weighted by molar-refractivity contribution is 6.72. The molecule has 151 valence electrons. The van der Waals surface area contributed by atoms with Gasteiger partial charge in [-0.3, -0.25) is 0 Å². The maximum absolute atomic E-state index is 12.4. The van der Waals surface area contributed by atoms with Gasteiger partial charge in [-0.25, -0.2) is 0 Å². The van der Waals surface area contributed by atoms with E-state index in [0.717, 1.165) is 6.54 Å². The van der Waals surface area contributed by atoms with Gasteiger partial charge in [0.1, 0.15) is 0 Å². The molecule has 3 aliphatic rings. The third-order valence-electron chi connectivity index (χ3n) is 9.65. The van der Waals surface area contributed by atoms with E-state index in [4.69, 9.17) is 0 Å². The summed E-state index contributed by atoms with van der Waals surface area (Å²) in [6, 6.07) is 5.34. The SMILES string of the molecule is C[B]C(=O)CC1CCC2(C)[C@@H]3Cc4ccc(C)c(C)c4[C@@]2(CCN3C)C1(C)C. The maximum atomic E-state index is 12.4. The molecule has 1 saturated carbocycles. The molecule has 2 fully saturated rings. The van der Waals surface area contributed by atoms with Crippen molar-refractivity contribution in [2.45, 2.75) is 85.0 Å². The zero-order chi connectivity index (χ0) is 20.5. The number of hydrogen-bond donors (Lipinski definition) is 0. The van der Waals surface area contributed by atoms with Crippen LogP contribution in [-0.2, 0) is 16.6 Å². The second-order valence-electron chi connectivity index (χ2n) is 10.7. The Labute approximate surface area is 172 Å². The molecule has 1 aliphatic heterocycles. The average Bonchev–Trinajstić information content (AvgIpc) is 2.64. The fourth-order valence-corrected chi connectivity index (χ4v) is 7.85. The maximum Gasteiger partial charge on any atom is 0.198 e. The number of aryl methyl sites for hydroxylation is 1. The highest BCUT2D eigenvalue weighted by Crippen LogP contribution is 2.71. The van der Waals surface area contributed by atoms with Gasteiger partial charge in [-0.1, -0.05) is 39.7 Å². The first-order valence-corrected chi connectivity index (χ1v) is 11.2. The van der Waals surface area contributed by atoms with Crippen LogP contribution in [-0.4, -0.2) is 37.5 Å². The molecule has 1 saturated heterocycles. The number of fused-ring (bicyclic) bond motifs is 1. The van der Waals surface area contributed by atoms with Crippen LogP contribution in [0.5, 0.6) is 0 Å². The normalized spacial score (nSPS) is 36.4. The van der Waals surface area contributed by atoms with Crippen LogP contribution in [0.2, 0.25) is 6.82 Å². The van der Waals surface area contributed by atoms with Gasteiger partial charge in [0.15, 0.2) is 7.28 Å². The van der Waals surface area contributed by atoms with Crippen LogP contribution in [0, 0.1) is 30.6 Å². The summed E-state index contributed by atoms with van der Waals surface area (Å²) < 4.78 is 0. The Morgan fingerprint density at radius 2 is 1.93 bits per heavy atom. The zero-order valence-electron chi connectivity index (χ0n) is 19.0. The number of piperidine rings is 1. The number of hydrogen-bond acceptors (Lipinski definition) is 2. The largest absolute Gasteiger partial charge is 0.312 e. The Balaban J connectivity index is 1.98. The Hall–Kier alpha value is -1.09. The van der Waals surface area contributed by atoms with E-state index >= 15 is 0 Å². The molecule has 1 heterocycles. The zero-order valence-corrected chi connectivity index (χ0v) is 19.0. The third-order valence-corrected chi connectivity index (χ3v) is 9.65. The molecular formula is C25H37BNO. The van der Waals surface area contributed by atoms with Crippen molar-refractivity contribution in [3.8, 4) is 0 Å². The molecule has 0 spiro atoms. The van der Waals surface area contributed by atoms with E-state index in [9.17, 15) is 4.79 Å². The number of benzene rings is 1. The van der Waals surface area contributed by atoms with Gasteiger partial charge in [0, 0.05) is 11.5 Å². The summed E-state index contributed by atoms with van der Waals surface area (Å²) in [6.07, 6.45) is 5.51. The van der Waals surface area contributed by atoms with Gasteiger partial charge in [0.2, 0.25) is 0 Å². The van der Waals surface area contributed by atoms with Crippen molar-refractivity contribution in [3.05, 3.63) is 34.4 Å². The van der Waals surface area contributed by atoms with Crippen molar-refractivity contribution in [2.24, 2.45) is 16.7 Å². The Morgan fingerprint density at radius 3 is 2.61 bits per heavy atom. The molecule has 2 unspecified atom stereocenters. The van der Waals surface area contributed by atoms with Gasteiger partial charge in [0.25, 0.3) is 0 Å². The van der Waals surface area contributed by atoms with Crippen molar-refractivity contribution >= 4 is 13.0 Å². The van der Waals surface area contributed by atoms with Crippen molar-refractivity contribution in [1.82, 2.24) is 4.90 Å². The molecule has 4 atom stereocenters. The predicted molar refractivity (Wildman–Crippen MR) is 118 cm³/mol. The predicted octanol–water partition coefficient (Wildman–Crippen LogP) is 4.91. The highest BCUT2D eigenvalue weighted by atomic mass is 16.1. The first-order chi connectivity index (χ1) is 13.1. The Bertz CT molecular complexity index is 815. The summed E-state index contributed by atoms with van der Waals surface area (Å²) in [5.41, 5.74) is 6.99. The summed E-state index contributed by atoms with van der Waals surface area (Å²) in [7, 11) is 4.11. The summed E-state index contributed by atoms with van der Waals surface area (Å²) in [5, 5.41) is 0. The van der Waals surface area contributed by atoms with E-state index in [2.05, 4.69) is 58.7 Å². The van der Waals surface area contributed by atoms with E-state index < -0.39 is 0 Å². The van der Waals surface area contributed by atoms with E-state index in [1.165, 1.54) is 36.8 Å². The highest BCUT2D eigenvalue weighted by Gasteiger charge is 2.69. The number of likely N-dealkylation sites (N-methyl/N-ethyl adjacent to an activating group) is 1. The van der Waals surface area contributed by atoms with Gasteiger partial charge < -0.3 is 9.69 Å². The topological polar surface area (TPSA) is 20.3 Å². The molecule has 4 rings (SSSR count). The molecule has 0 N–H and O–H groups in total. The number of carbonyl (C=O) groups excluding carboxylic acids is 1. The monoisotopic (exact) mass is 378 g/mol. The summed E-state index contributed by atoms with van der Waals surface area (Å²) in [6.45, 7) is 15.3. The molecule has 2 aliphatic carbocycles. The standard InChI is InChI=1S/C25H37BNO/c1-16-8-9-18-14-20-24(5)11-10-19(15-21(28)26-6)23(3,4)25(24,12-13-27(20)7)22(18)17(16)2/h8-9,19-20H,10-15H2,1-7H3/t19?,20-,24?,25-/m0/s1. The quantitative estimate of drug-likeness (QED) is 0.697. The fourth-order valence-electron chi connectivity index (χ4n) is 7.85. The molecular weight excluding hydrogens is 341 g/mol. The van der Waals surface area contributed by atoms with Crippen molar-refractivity contribution in [2.75, 3.05) is 13.6 Å². The lowest BCUT2D eigenvalue weighted by Crippen LogP contribution is -2.72. The van der Waals surface area contributed by atoms with Crippen LogP contribution in [0.15, 0.2) is 12.1 Å². The minimum atomic E-state index is 0.103. The summed E-state index contributed by atoms with van der Waals surface area (Å²) in [5.74, 6) is 0.458. The van der Waals surface area contributed by atoms with Crippen LogP contribution in [0.25, 0.3) is 0 Å². The number of likely N-dealkylation sites (tertiary alicyclic amines) is 1. The molecule has 28 heavy (non-hydrogen) atoms. The molecule has 3 heteroatoms. The minimum absolute atomic E-state index is 0.103. The van der Waals surface area contributed by atoms with Gasteiger partial charge in [-0.15, -0.1) is 0 Å². The van der Waals surface area contributed by atoms with Crippen LogP contribution in [0.4, 0.5) is 0 Å². The molecule has 1 aromatic rings. The third kappa shape index (κ3) is 2.35.